The van der Waals surface area contributed by atoms with Crippen molar-refractivity contribution in [1.29, 1.82) is 0 Å². The summed E-state index contributed by atoms with van der Waals surface area (Å²) in [6.45, 7) is 8.23. The summed E-state index contributed by atoms with van der Waals surface area (Å²) in [7, 11) is 3.92. The van der Waals surface area contributed by atoms with Gasteiger partial charge < -0.3 is 14.5 Å². The monoisotopic (exact) mass is 298 g/mol. The first-order valence-electron chi connectivity index (χ1n) is 8.14. The van der Waals surface area contributed by atoms with Crippen molar-refractivity contribution in [3.05, 3.63) is 42.0 Å². The van der Waals surface area contributed by atoms with Gasteiger partial charge in [-0.15, -0.1) is 0 Å². The number of hydrogen-bond donors (Lipinski definition) is 0. The lowest BCUT2D eigenvalue weighted by molar-refractivity contribution is 0.149. The van der Waals surface area contributed by atoms with Crippen LogP contribution in [0, 0.1) is 0 Å². The summed E-state index contributed by atoms with van der Waals surface area (Å²) in [6, 6.07) is 13.1. The van der Waals surface area contributed by atoms with E-state index in [1.165, 1.54) is 42.5 Å². The molecule has 0 aliphatic carbocycles. The molecular weight excluding hydrogens is 272 g/mol. The van der Waals surface area contributed by atoms with E-state index in [0.29, 0.717) is 5.92 Å². The second kappa shape index (κ2) is 6.67. The lowest BCUT2D eigenvalue weighted by Gasteiger charge is -2.34. The summed E-state index contributed by atoms with van der Waals surface area (Å²) in [6.07, 6.45) is 0. The zero-order valence-corrected chi connectivity index (χ0v) is 13.9. The number of ether oxygens (including phenoxy) is 1. The fourth-order valence-corrected chi connectivity index (χ4v) is 3.20. The second-order valence-corrected chi connectivity index (χ2v) is 6.48. The minimum atomic E-state index is 0.565. The third-order valence-corrected chi connectivity index (χ3v) is 4.77. The molecule has 2 aromatic carbocycles. The number of methoxy groups -OCH3 is 1. The molecule has 1 aliphatic rings. The van der Waals surface area contributed by atoms with Gasteiger partial charge in [-0.25, -0.2) is 0 Å². The molecule has 1 saturated heterocycles. The number of benzene rings is 2. The number of piperazine rings is 1. The first-order valence-corrected chi connectivity index (χ1v) is 8.14. The quantitative estimate of drug-likeness (QED) is 0.862. The molecular formula is C19H26N2O. The summed E-state index contributed by atoms with van der Waals surface area (Å²) in [5.41, 5.74) is 1.43. The SMILES string of the molecule is COc1ccc2cc(C(C)CN3CCN(C)CC3)ccc2c1. The van der Waals surface area contributed by atoms with E-state index in [1.54, 1.807) is 7.11 Å². The van der Waals surface area contributed by atoms with Crippen molar-refractivity contribution in [2.45, 2.75) is 12.8 Å². The van der Waals surface area contributed by atoms with Crippen LogP contribution in [0.1, 0.15) is 18.4 Å². The van der Waals surface area contributed by atoms with Crippen molar-refractivity contribution in [3.63, 3.8) is 0 Å². The van der Waals surface area contributed by atoms with Gasteiger partial charge in [0.15, 0.2) is 0 Å². The van der Waals surface area contributed by atoms with Crippen LogP contribution in [-0.4, -0.2) is 56.7 Å². The first-order chi connectivity index (χ1) is 10.7. The first kappa shape index (κ1) is 15.3. The largest absolute Gasteiger partial charge is 0.497 e. The molecule has 1 heterocycles. The molecule has 0 bridgehead atoms. The molecule has 118 valence electrons. The predicted octanol–water partition coefficient (Wildman–Crippen LogP) is 3.20. The Balaban J connectivity index is 1.72. The Labute approximate surface area is 133 Å². The van der Waals surface area contributed by atoms with E-state index in [-0.39, 0.29) is 0 Å². The number of nitrogens with zero attached hydrogens (tertiary/aromatic N) is 2. The fourth-order valence-electron chi connectivity index (χ4n) is 3.20. The average molecular weight is 298 g/mol. The number of likely N-dealkylation sites (N-methyl/N-ethyl adjacent to an activating group) is 1. The molecule has 1 aliphatic heterocycles. The highest BCUT2D eigenvalue weighted by atomic mass is 16.5. The van der Waals surface area contributed by atoms with Crippen molar-refractivity contribution in [2.75, 3.05) is 46.9 Å². The van der Waals surface area contributed by atoms with Crippen LogP contribution in [0.5, 0.6) is 5.75 Å². The Morgan fingerprint density at radius 3 is 2.41 bits per heavy atom. The minimum absolute atomic E-state index is 0.565. The van der Waals surface area contributed by atoms with Gasteiger partial charge in [0.05, 0.1) is 7.11 Å². The van der Waals surface area contributed by atoms with E-state index in [2.05, 4.69) is 54.1 Å². The highest BCUT2D eigenvalue weighted by molar-refractivity contribution is 5.84. The Hall–Kier alpha value is -1.58. The highest BCUT2D eigenvalue weighted by Gasteiger charge is 2.17. The molecule has 2 aromatic rings. The van der Waals surface area contributed by atoms with Gasteiger partial charge in [-0.1, -0.05) is 31.2 Å². The number of fused-ring (bicyclic) bond motifs is 1. The molecule has 3 rings (SSSR count). The topological polar surface area (TPSA) is 15.7 Å². The molecule has 0 spiro atoms. The Kier molecular flexibility index (Phi) is 4.65. The summed E-state index contributed by atoms with van der Waals surface area (Å²) in [4.78, 5) is 4.99. The van der Waals surface area contributed by atoms with Gasteiger partial charge in [-0.3, -0.25) is 0 Å². The van der Waals surface area contributed by atoms with E-state index in [0.717, 1.165) is 12.3 Å². The van der Waals surface area contributed by atoms with Crippen molar-refractivity contribution in [2.24, 2.45) is 0 Å². The van der Waals surface area contributed by atoms with Crippen LogP contribution >= 0.6 is 0 Å². The molecule has 22 heavy (non-hydrogen) atoms. The van der Waals surface area contributed by atoms with Crippen LogP contribution in [0.4, 0.5) is 0 Å². The van der Waals surface area contributed by atoms with Crippen LogP contribution in [0.25, 0.3) is 10.8 Å². The molecule has 3 heteroatoms. The van der Waals surface area contributed by atoms with Crippen molar-refractivity contribution >= 4 is 10.8 Å². The third-order valence-electron chi connectivity index (χ3n) is 4.77. The van der Waals surface area contributed by atoms with Crippen LogP contribution in [-0.2, 0) is 0 Å². The maximum atomic E-state index is 5.30. The van der Waals surface area contributed by atoms with Crippen LogP contribution in [0.3, 0.4) is 0 Å². The average Bonchev–Trinajstić information content (AvgIpc) is 2.56. The molecule has 0 aromatic heterocycles. The highest BCUT2D eigenvalue weighted by Crippen LogP contribution is 2.25. The zero-order valence-electron chi connectivity index (χ0n) is 13.9. The van der Waals surface area contributed by atoms with E-state index < -0.39 is 0 Å². The zero-order chi connectivity index (χ0) is 15.5. The molecule has 1 atom stereocenters. The molecule has 0 N–H and O–H groups in total. The van der Waals surface area contributed by atoms with Gasteiger partial charge in [-0.2, -0.15) is 0 Å². The number of rotatable bonds is 4. The second-order valence-electron chi connectivity index (χ2n) is 6.48. The van der Waals surface area contributed by atoms with Crippen LogP contribution in [0.15, 0.2) is 36.4 Å². The summed E-state index contributed by atoms with van der Waals surface area (Å²) in [5.74, 6) is 1.49. The fraction of sp³-hybridized carbons (Fsp3) is 0.474. The van der Waals surface area contributed by atoms with Gasteiger partial charge in [0.1, 0.15) is 5.75 Å². The molecule has 3 nitrogen and oxygen atoms in total. The maximum Gasteiger partial charge on any atom is 0.119 e. The van der Waals surface area contributed by atoms with Crippen molar-refractivity contribution < 1.29 is 4.74 Å². The minimum Gasteiger partial charge on any atom is -0.497 e. The molecule has 1 unspecified atom stereocenters. The van der Waals surface area contributed by atoms with Gasteiger partial charge in [0, 0.05) is 32.7 Å². The smallest absolute Gasteiger partial charge is 0.119 e. The lowest BCUT2D eigenvalue weighted by atomic mass is 9.97. The predicted molar refractivity (Wildman–Crippen MR) is 92.9 cm³/mol. The van der Waals surface area contributed by atoms with Gasteiger partial charge in [-0.05, 0) is 41.4 Å². The molecule has 0 saturated carbocycles. The Morgan fingerprint density at radius 2 is 1.68 bits per heavy atom. The maximum absolute atomic E-state index is 5.30. The molecule has 1 fully saturated rings. The van der Waals surface area contributed by atoms with E-state index in [1.807, 2.05) is 6.07 Å². The Bertz CT molecular complexity index is 632. The van der Waals surface area contributed by atoms with E-state index in [4.69, 9.17) is 4.74 Å². The third kappa shape index (κ3) is 3.42. The normalized spacial score (nSPS) is 18.5. The van der Waals surface area contributed by atoms with Gasteiger partial charge in [0.2, 0.25) is 0 Å². The molecule has 0 amide bonds. The van der Waals surface area contributed by atoms with Crippen molar-refractivity contribution in [1.82, 2.24) is 9.80 Å². The standard InChI is InChI=1S/C19H26N2O/c1-15(14-21-10-8-20(2)9-11-21)16-4-5-18-13-19(22-3)7-6-17(18)12-16/h4-7,12-13,15H,8-11,14H2,1-3H3. The summed E-state index contributed by atoms with van der Waals surface area (Å²) >= 11 is 0. The number of hydrogen-bond acceptors (Lipinski definition) is 3. The summed E-state index contributed by atoms with van der Waals surface area (Å²) in [5, 5.41) is 2.54. The van der Waals surface area contributed by atoms with E-state index in [9.17, 15) is 0 Å². The van der Waals surface area contributed by atoms with Crippen molar-refractivity contribution in [3.8, 4) is 5.75 Å². The lowest BCUT2D eigenvalue weighted by Crippen LogP contribution is -2.45. The molecule has 0 radical (unpaired) electrons. The van der Waals surface area contributed by atoms with Gasteiger partial charge >= 0.3 is 0 Å². The van der Waals surface area contributed by atoms with Gasteiger partial charge in [0.25, 0.3) is 0 Å². The summed E-state index contributed by atoms with van der Waals surface area (Å²) < 4.78 is 5.30. The Morgan fingerprint density at radius 1 is 1.00 bits per heavy atom. The van der Waals surface area contributed by atoms with E-state index >= 15 is 0 Å². The van der Waals surface area contributed by atoms with Crippen LogP contribution in [0.2, 0.25) is 0 Å². The van der Waals surface area contributed by atoms with Crippen LogP contribution < -0.4 is 4.74 Å².